The summed E-state index contributed by atoms with van der Waals surface area (Å²) in [6.07, 6.45) is -10.1. The molecule has 0 atom stereocenters. The molecule has 0 spiro atoms. The number of alkyl halides is 6. The van der Waals surface area contributed by atoms with E-state index in [2.05, 4.69) is 0 Å². The Hall–Kier alpha value is -2.81. The summed E-state index contributed by atoms with van der Waals surface area (Å²) in [6.45, 7) is 2.85. The number of hydrogen-bond donors (Lipinski definition) is 2. The molecule has 3 aromatic carbocycles. The summed E-state index contributed by atoms with van der Waals surface area (Å²) in [5.74, 6) is -1.08. The van der Waals surface area contributed by atoms with Crippen LogP contribution in [-0.2, 0) is 17.8 Å². The zero-order chi connectivity index (χ0) is 24.0. The fourth-order valence-electron chi connectivity index (χ4n) is 4.50. The highest BCUT2D eigenvalue weighted by Gasteiger charge is 2.48. The predicted molar refractivity (Wildman–Crippen MR) is 106 cm³/mol. The van der Waals surface area contributed by atoms with Crippen LogP contribution in [-0.4, -0.2) is 17.3 Å². The van der Waals surface area contributed by atoms with Crippen molar-refractivity contribution in [2.24, 2.45) is 0 Å². The van der Waals surface area contributed by atoms with Gasteiger partial charge in [0.1, 0.15) is 5.75 Å². The molecule has 32 heavy (non-hydrogen) atoms. The number of methoxy groups -OCH3 is 1. The molecule has 4 rings (SSSR count). The SMILES string of the molecule is COc1c(O)cc2c3c(cc(O)c2c1Cl)C(C)(C)c1c-3cc(C(F)(F)F)cc1C(F)(F)F. The summed E-state index contributed by atoms with van der Waals surface area (Å²) < 4.78 is 87.3. The van der Waals surface area contributed by atoms with Crippen LogP contribution >= 0.6 is 11.6 Å². The van der Waals surface area contributed by atoms with Gasteiger partial charge >= 0.3 is 12.4 Å². The topological polar surface area (TPSA) is 49.7 Å². The fraction of sp³-hybridized carbons (Fsp3) is 0.273. The number of fused-ring (bicyclic) bond motifs is 5. The van der Waals surface area contributed by atoms with E-state index in [-0.39, 0.29) is 49.9 Å². The van der Waals surface area contributed by atoms with Crippen LogP contribution in [0.1, 0.15) is 36.1 Å². The number of rotatable bonds is 1. The number of phenolic OH excluding ortho intramolecular Hbond substituents is 2. The van der Waals surface area contributed by atoms with Gasteiger partial charge in [0.2, 0.25) is 0 Å². The standard InChI is InChI=1S/C22H15ClF6O3/c1-20(2)11-7-13(30)16-9(6-14(31)19(32-3)18(16)23)15(11)10-4-8(21(24,25)26)5-12(17(10)20)22(27,28)29/h4-7,30-31H,1-3H3. The summed E-state index contributed by atoms with van der Waals surface area (Å²) in [5, 5.41) is 20.7. The van der Waals surface area contributed by atoms with Crippen molar-refractivity contribution in [3.63, 3.8) is 0 Å². The zero-order valence-electron chi connectivity index (χ0n) is 16.8. The van der Waals surface area contributed by atoms with Gasteiger partial charge in [0.15, 0.2) is 11.5 Å². The molecule has 0 saturated heterocycles. The molecule has 0 aliphatic heterocycles. The first-order valence-electron chi connectivity index (χ1n) is 9.19. The lowest BCUT2D eigenvalue weighted by Crippen LogP contribution is -2.22. The van der Waals surface area contributed by atoms with Gasteiger partial charge in [-0.2, -0.15) is 26.3 Å². The van der Waals surface area contributed by atoms with Gasteiger partial charge in [-0.1, -0.05) is 25.4 Å². The second-order valence-electron chi connectivity index (χ2n) is 8.05. The van der Waals surface area contributed by atoms with Crippen molar-refractivity contribution in [3.05, 3.63) is 51.5 Å². The van der Waals surface area contributed by atoms with Crippen LogP contribution in [0.4, 0.5) is 26.3 Å². The highest BCUT2D eigenvalue weighted by molar-refractivity contribution is 6.38. The van der Waals surface area contributed by atoms with E-state index in [1.807, 2.05) is 0 Å². The van der Waals surface area contributed by atoms with Crippen molar-refractivity contribution in [1.82, 2.24) is 0 Å². The Balaban J connectivity index is 2.26. The summed E-state index contributed by atoms with van der Waals surface area (Å²) in [5.41, 5.74) is -4.74. The Labute approximate surface area is 182 Å². The molecule has 3 nitrogen and oxygen atoms in total. The maximum Gasteiger partial charge on any atom is 0.416 e. The minimum atomic E-state index is -5.06. The first-order chi connectivity index (χ1) is 14.6. The van der Waals surface area contributed by atoms with Gasteiger partial charge < -0.3 is 14.9 Å². The van der Waals surface area contributed by atoms with Crippen LogP contribution in [0.5, 0.6) is 17.2 Å². The van der Waals surface area contributed by atoms with Gasteiger partial charge in [-0.05, 0) is 51.9 Å². The first-order valence-corrected chi connectivity index (χ1v) is 9.57. The lowest BCUT2D eigenvalue weighted by molar-refractivity contribution is -0.143. The van der Waals surface area contributed by atoms with Crippen molar-refractivity contribution in [2.75, 3.05) is 7.11 Å². The molecule has 0 saturated carbocycles. The van der Waals surface area contributed by atoms with Gasteiger partial charge in [-0.3, -0.25) is 0 Å². The van der Waals surface area contributed by atoms with Crippen molar-refractivity contribution in [3.8, 4) is 28.4 Å². The molecule has 0 bridgehead atoms. The van der Waals surface area contributed by atoms with Gasteiger partial charge in [0, 0.05) is 10.8 Å². The van der Waals surface area contributed by atoms with E-state index in [1.165, 1.54) is 27.0 Å². The van der Waals surface area contributed by atoms with Crippen LogP contribution in [0.2, 0.25) is 5.02 Å². The van der Waals surface area contributed by atoms with Crippen molar-refractivity contribution in [1.29, 1.82) is 0 Å². The zero-order valence-corrected chi connectivity index (χ0v) is 17.5. The molecule has 1 aliphatic rings. The van der Waals surface area contributed by atoms with E-state index in [0.29, 0.717) is 6.07 Å². The number of phenols is 2. The Bertz CT molecular complexity index is 1290. The highest BCUT2D eigenvalue weighted by Crippen LogP contribution is 2.59. The average Bonchev–Trinajstić information content (AvgIpc) is 2.87. The number of aromatic hydroxyl groups is 2. The van der Waals surface area contributed by atoms with Crippen LogP contribution < -0.4 is 4.74 Å². The minimum absolute atomic E-state index is 0.00238. The number of benzene rings is 3. The van der Waals surface area contributed by atoms with Crippen LogP contribution in [0.25, 0.3) is 21.9 Å². The minimum Gasteiger partial charge on any atom is -0.507 e. The molecule has 0 aromatic heterocycles. The molecule has 0 fully saturated rings. The third-order valence-corrected chi connectivity index (χ3v) is 6.18. The maximum absolute atomic E-state index is 13.9. The summed E-state index contributed by atoms with van der Waals surface area (Å²) in [7, 11) is 1.21. The summed E-state index contributed by atoms with van der Waals surface area (Å²) in [6, 6.07) is 3.05. The van der Waals surface area contributed by atoms with E-state index in [9.17, 15) is 36.6 Å². The van der Waals surface area contributed by atoms with Gasteiger partial charge in [-0.15, -0.1) is 0 Å². The molecular weight excluding hydrogens is 462 g/mol. The number of halogens is 7. The quantitative estimate of drug-likeness (QED) is 0.363. The number of hydrogen-bond acceptors (Lipinski definition) is 3. The van der Waals surface area contributed by atoms with Crippen LogP contribution in [0.15, 0.2) is 24.3 Å². The Kier molecular flexibility index (Phi) is 4.62. The molecule has 1 aliphatic carbocycles. The van der Waals surface area contributed by atoms with E-state index in [4.69, 9.17) is 16.3 Å². The monoisotopic (exact) mass is 476 g/mol. The summed E-state index contributed by atoms with van der Waals surface area (Å²) >= 11 is 6.25. The van der Waals surface area contributed by atoms with Crippen molar-refractivity contribution in [2.45, 2.75) is 31.6 Å². The Morgan fingerprint density at radius 3 is 2.06 bits per heavy atom. The maximum atomic E-state index is 13.9. The predicted octanol–water partition coefficient (Wildman–Crippen LogP) is 7.26. The molecule has 3 aromatic rings. The van der Waals surface area contributed by atoms with Gasteiger partial charge in [-0.25, -0.2) is 0 Å². The van der Waals surface area contributed by atoms with E-state index < -0.39 is 40.4 Å². The molecular formula is C22H15ClF6O3. The smallest absolute Gasteiger partial charge is 0.416 e. The number of ether oxygens (including phenoxy) is 1. The lowest BCUT2D eigenvalue weighted by Gasteiger charge is -2.26. The van der Waals surface area contributed by atoms with Crippen molar-refractivity contribution < 1.29 is 41.3 Å². The second-order valence-corrected chi connectivity index (χ2v) is 8.43. The van der Waals surface area contributed by atoms with Crippen molar-refractivity contribution >= 4 is 22.4 Å². The highest BCUT2D eigenvalue weighted by atomic mass is 35.5. The van der Waals surface area contributed by atoms with E-state index in [0.717, 1.165) is 6.07 Å². The molecule has 0 amide bonds. The molecule has 0 radical (unpaired) electrons. The largest absolute Gasteiger partial charge is 0.507 e. The lowest BCUT2D eigenvalue weighted by atomic mass is 9.79. The molecule has 2 N–H and O–H groups in total. The van der Waals surface area contributed by atoms with Gasteiger partial charge in [0.25, 0.3) is 0 Å². The molecule has 0 unspecified atom stereocenters. The third-order valence-electron chi connectivity index (χ3n) is 5.82. The second kappa shape index (κ2) is 6.60. The third kappa shape index (κ3) is 2.97. The average molecular weight is 477 g/mol. The fourth-order valence-corrected chi connectivity index (χ4v) is 4.88. The molecule has 0 heterocycles. The normalized spacial score (nSPS) is 15.1. The van der Waals surface area contributed by atoms with Gasteiger partial charge in [0.05, 0.1) is 23.3 Å². The summed E-state index contributed by atoms with van der Waals surface area (Å²) in [4.78, 5) is 0. The molecule has 170 valence electrons. The Morgan fingerprint density at radius 1 is 0.906 bits per heavy atom. The molecule has 10 heteroatoms. The van der Waals surface area contributed by atoms with E-state index >= 15 is 0 Å². The first kappa shape index (κ1) is 22.4. The van der Waals surface area contributed by atoms with E-state index in [1.54, 1.807) is 0 Å². The van der Waals surface area contributed by atoms with Crippen LogP contribution in [0, 0.1) is 0 Å². The van der Waals surface area contributed by atoms with Crippen LogP contribution in [0.3, 0.4) is 0 Å². The Morgan fingerprint density at radius 2 is 1.53 bits per heavy atom.